The Morgan fingerprint density at radius 3 is 2.19 bits per heavy atom. The molecule has 1 fully saturated rings. The zero-order valence-electron chi connectivity index (χ0n) is 19.8. The number of halogens is 3. The zero-order chi connectivity index (χ0) is 24.4. The standard InChI is InChI=1S/C22H33BF3NO5/c1-19(2,3)30-18(28)27-12-8-9-13-29-17-11-10-15(22(24,25)26)14-16(17)23-31-20(4,5)21(6,7)32-23/h10-11,14H,8-9,12-13H2,1-7H3,(H,27,28). The molecule has 0 radical (unpaired) electrons. The fourth-order valence-corrected chi connectivity index (χ4v) is 2.92. The Bertz CT molecular complexity index is 790. The van der Waals surface area contributed by atoms with E-state index in [2.05, 4.69) is 5.32 Å². The molecule has 1 aromatic carbocycles. The molecule has 0 atom stereocenters. The van der Waals surface area contributed by atoms with Gasteiger partial charge in [-0.2, -0.15) is 13.2 Å². The highest BCUT2D eigenvalue weighted by atomic mass is 19.4. The van der Waals surface area contributed by atoms with Crippen molar-refractivity contribution in [3.8, 4) is 5.75 Å². The molecule has 2 rings (SSSR count). The first-order chi connectivity index (χ1) is 14.5. The van der Waals surface area contributed by atoms with Crippen molar-refractivity contribution in [2.24, 2.45) is 0 Å². The lowest BCUT2D eigenvalue weighted by Crippen LogP contribution is -2.41. The molecular weight excluding hydrogens is 426 g/mol. The number of benzene rings is 1. The second kappa shape index (κ2) is 9.51. The molecule has 0 unspecified atom stereocenters. The number of amides is 1. The molecule has 0 saturated carbocycles. The van der Waals surface area contributed by atoms with Crippen molar-refractivity contribution >= 4 is 18.7 Å². The Balaban J connectivity index is 2.00. The van der Waals surface area contributed by atoms with Gasteiger partial charge < -0.3 is 24.1 Å². The van der Waals surface area contributed by atoms with Crippen LogP contribution in [0.3, 0.4) is 0 Å². The molecule has 10 heteroatoms. The van der Waals surface area contributed by atoms with Gasteiger partial charge in [0.25, 0.3) is 0 Å². The predicted molar refractivity (Wildman–Crippen MR) is 116 cm³/mol. The third-order valence-corrected chi connectivity index (χ3v) is 5.34. The number of carbonyl (C=O) groups is 1. The molecule has 0 bridgehead atoms. The third kappa shape index (κ3) is 7.03. The number of carbonyl (C=O) groups excluding carboxylic acids is 1. The van der Waals surface area contributed by atoms with Gasteiger partial charge in [-0.05, 0) is 79.5 Å². The van der Waals surface area contributed by atoms with E-state index in [4.69, 9.17) is 18.8 Å². The maximum atomic E-state index is 13.3. The lowest BCUT2D eigenvalue weighted by atomic mass is 9.77. The lowest BCUT2D eigenvalue weighted by molar-refractivity contribution is -0.137. The molecule has 1 aromatic rings. The minimum Gasteiger partial charge on any atom is -0.494 e. The van der Waals surface area contributed by atoms with E-state index in [1.54, 1.807) is 20.8 Å². The van der Waals surface area contributed by atoms with Crippen molar-refractivity contribution in [3.63, 3.8) is 0 Å². The normalized spacial score (nSPS) is 17.9. The largest absolute Gasteiger partial charge is 0.498 e. The Morgan fingerprint density at radius 2 is 1.66 bits per heavy atom. The van der Waals surface area contributed by atoms with Crippen molar-refractivity contribution in [1.82, 2.24) is 5.32 Å². The molecule has 180 valence electrons. The Morgan fingerprint density at radius 1 is 1.06 bits per heavy atom. The van der Waals surface area contributed by atoms with Crippen LogP contribution in [0.1, 0.15) is 66.9 Å². The number of hydrogen-bond donors (Lipinski definition) is 1. The molecule has 0 spiro atoms. The van der Waals surface area contributed by atoms with Gasteiger partial charge in [0.05, 0.1) is 23.4 Å². The van der Waals surface area contributed by atoms with E-state index in [-0.39, 0.29) is 17.8 Å². The maximum Gasteiger partial charge on any atom is 0.498 e. The molecule has 6 nitrogen and oxygen atoms in total. The minimum absolute atomic E-state index is 0.199. The van der Waals surface area contributed by atoms with Crippen LogP contribution in [0, 0.1) is 0 Å². The highest BCUT2D eigenvalue weighted by Crippen LogP contribution is 2.38. The van der Waals surface area contributed by atoms with E-state index in [9.17, 15) is 18.0 Å². The monoisotopic (exact) mass is 459 g/mol. The smallest absolute Gasteiger partial charge is 0.494 e. The van der Waals surface area contributed by atoms with Crippen LogP contribution in [0.4, 0.5) is 18.0 Å². The summed E-state index contributed by atoms with van der Waals surface area (Å²) in [5.41, 5.74) is -2.56. The first-order valence-electron chi connectivity index (χ1n) is 10.7. The predicted octanol–water partition coefficient (Wildman–Crippen LogP) is 4.69. The van der Waals surface area contributed by atoms with E-state index in [0.29, 0.717) is 19.4 Å². The number of ether oxygens (including phenoxy) is 2. The topological polar surface area (TPSA) is 66.0 Å². The van der Waals surface area contributed by atoms with Crippen molar-refractivity contribution in [1.29, 1.82) is 0 Å². The summed E-state index contributed by atoms with van der Waals surface area (Å²) in [6.45, 7) is 13.3. The number of nitrogens with one attached hydrogen (secondary N) is 1. The summed E-state index contributed by atoms with van der Waals surface area (Å²) in [4.78, 5) is 11.6. The summed E-state index contributed by atoms with van der Waals surface area (Å²) in [6.07, 6.45) is -3.79. The molecule has 0 aromatic heterocycles. The molecule has 1 heterocycles. The van der Waals surface area contributed by atoms with Crippen LogP contribution >= 0.6 is 0 Å². The number of hydrogen-bond acceptors (Lipinski definition) is 5. The van der Waals surface area contributed by atoms with Crippen molar-refractivity contribution < 1.29 is 36.7 Å². The first-order valence-corrected chi connectivity index (χ1v) is 10.7. The van der Waals surface area contributed by atoms with Crippen LogP contribution < -0.4 is 15.5 Å². The Kier molecular flexibility index (Phi) is 7.82. The average Bonchev–Trinajstić information content (AvgIpc) is 2.83. The molecule has 1 N–H and O–H groups in total. The molecular formula is C22H33BF3NO5. The van der Waals surface area contributed by atoms with Gasteiger partial charge in [-0.3, -0.25) is 0 Å². The maximum absolute atomic E-state index is 13.3. The van der Waals surface area contributed by atoms with Crippen molar-refractivity contribution in [2.75, 3.05) is 13.2 Å². The summed E-state index contributed by atoms with van der Waals surface area (Å²) < 4.78 is 62.7. The number of alkyl halides is 3. The average molecular weight is 459 g/mol. The summed E-state index contributed by atoms with van der Waals surface area (Å²) in [5, 5.41) is 2.65. The van der Waals surface area contributed by atoms with Gasteiger partial charge in [0.15, 0.2) is 0 Å². The summed E-state index contributed by atoms with van der Waals surface area (Å²) >= 11 is 0. The second-order valence-corrected chi connectivity index (χ2v) is 9.82. The van der Waals surface area contributed by atoms with Gasteiger partial charge in [0.1, 0.15) is 11.4 Å². The SMILES string of the molecule is CC(C)(C)OC(=O)NCCCCOc1ccc(C(F)(F)F)cc1B1OC(C)(C)C(C)(C)O1. The van der Waals surface area contributed by atoms with E-state index in [1.807, 2.05) is 27.7 Å². The minimum atomic E-state index is -4.50. The molecule has 1 aliphatic rings. The molecule has 1 aliphatic heterocycles. The molecule has 1 amide bonds. The van der Waals surface area contributed by atoms with Gasteiger partial charge >= 0.3 is 19.4 Å². The Labute approximate surface area is 188 Å². The molecule has 1 saturated heterocycles. The zero-order valence-corrected chi connectivity index (χ0v) is 19.8. The quantitative estimate of drug-likeness (QED) is 0.474. The Hall–Kier alpha value is -1.94. The number of rotatable bonds is 7. The first kappa shape index (κ1) is 26.3. The van der Waals surface area contributed by atoms with Crippen LogP contribution in [-0.2, 0) is 20.2 Å². The van der Waals surface area contributed by atoms with Gasteiger partial charge in [-0.15, -0.1) is 0 Å². The highest BCUT2D eigenvalue weighted by Gasteiger charge is 2.52. The van der Waals surface area contributed by atoms with Gasteiger partial charge in [0.2, 0.25) is 0 Å². The van der Waals surface area contributed by atoms with Crippen LogP contribution in [0.2, 0.25) is 0 Å². The van der Waals surface area contributed by atoms with Crippen LogP contribution in [-0.4, -0.2) is 43.2 Å². The van der Waals surface area contributed by atoms with Gasteiger partial charge in [0, 0.05) is 12.0 Å². The van der Waals surface area contributed by atoms with Crippen LogP contribution in [0.5, 0.6) is 5.75 Å². The van der Waals surface area contributed by atoms with Crippen LogP contribution in [0.25, 0.3) is 0 Å². The third-order valence-electron chi connectivity index (χ3n) is 5.34. The fraction of sp³-hybridized carbons (Fsp3) is 0.682. The lowest BCUT2D eigenvalue weighted by Gasteiger charge is -2.32. The van der Waals surface area contributed by atoms with E-state index >= 15 is 0 Å². The highest BCUT2D eigenvalue weighted by molar-refractivity contribution is 6.63. The number of alkyl carbamates (subject to hydrolysis) is 1. The molecule has 32 heavy (non-hydrogen) atoms. The second-order valence-electron chi connectivity index (χ2n) is 9.82. The van der Waals surface area contributed by atoms with Gasteiger partial charge in [-0.25, -0.2) is 4.79 Å². The summed E-state index contributed by atoms with van der Waals surface area (Å²) in [7, 11) is -0.980. The summed E-state index contributed by atoms with van der Waals surface area (Å²) in [5.74, 6) is 0.275. The van der Waals surface area contributed by atoms with Gasteiger partial charge in [-0.1, -0.05) is 0 Å². The van der Waals surface area contributed by atoms with E-state index < -0.39 is 41.8 Å². The van der Waals surface area contributed by atoms with Crippen molar-refractivity contribution in [3.05, 3.63) is 23.8 Å². The van der Waals surface area contributed by atoms with E-state index in [1.165, 1.54) is 6.07 Å². The number of unbranched alkanes of at least 4 members (excludes halogenated alkanes) is 1. The van der Waals surface area contributed by atoms with Crippen molar-refractivity contribution in [2.45, 2.75) is 84.3 Å². The van der Waals surface area contributed by atoms with E-state index in [0.717, 1.165) is 12.1 Å². The molecule has 0 aliphatic carbocycles. The summed E-state index contributed by atoms with van der Waals surface area (Å²) in [6, 6.07) is 3.29. The van der Waals surface area contributed by atoms with Crippen LogP contribution in [0.15, 0.2) is 18.2 Å². The fourth-order valence-electron chi connectivity index (χ4n) is 2.92.